The van der Waals surface area contributed by atoms with E-state index < -0.39 is 53.3 Å². The molecular formula is C75H94N16O12S. The zero-order valence-corrected chi connectivity index (χ0v) is 60.3. The first-order valence-electron chi connectivity index (χ1n) is 36.0. The number of fused-ring (bicyclic) bond motifs is 2. The smallest absolute Gasteiger partial charge is 0.319 e. The number of nitrogen functional groups attached to an aromatic ring is 1. The number of aliphatic hydroxyl groups is 1. The molecule has 2 bridgehead atoms. The lowest BCUT2D eigenvalue weighted by atomic mass is 9.68. The number of rotatable bonds is 31. The van der Waals surface area contributed by atoms with E-state index >= 15 is 0 Å². The molecule has 0 spiro atoms. The van der Waals surface area contributed by atoms with Gasteiger partial charge in [-0.25, -0.2) is 14.8 Å². The molecule has 1 saturated carbocycles. The summed E-state index contributed by atoms with van der Waals surface area (Å²) in [5, 5.41) is 45.0. The van der Waals surface area contributed by atoms with Gasteiger partial charge in [-0.3, -0.25) is 33.8 Å². The van der Waals surface area contributed by atoms with Crippen LogP contribution in [0.15, 0.2) is 113 Å². The zero-order chi connectivity index (χ0) is 73.2. The molecule has 10 N–H and O–H groups in total. The number of carbonyl (C=O) groups excluding carboxylic acids is 5. The molecule has 552 valence electrons. The van der Waals surface area contributed by atoms with Crippen LogP contribution in [0.2, 0.25) is 0 Å². The van der Waals surface area contributed by atoms with Gasteiger partial charge in [0, 0.05) is 119 Å². The van der Waals surface area contributed by atoms with E-state index in [1.807, 2.05) is 112 Å². The molecule has 3 aromatic carbocycles. The summed E-state index contributed by atoms with van der Waals surface area (Å²) in [5.74, 6) is -1.87. The number of aliphatic carboxylic acids is 1. The summed E-state index contributed by atoms with van der Waals surface area (Å²) < 4.78 is 24.7. The number of likely N-dealkylation sites (tertiary alicyclic amines) is 1. The average Bonchev–Trinajstić information content (AvgIpc) is 1.64. The molecule has 28 nitrogen and oxygen atoms in total. The van der Waals surface area contributed by atoms with Gasteiger partial charge in [0.2, 0.25) is 29.5 Å². The maximum Gasteiger partial charge on any atom is 0.319 e. The minimum Gasteiger partial charge on any atom is -0.488 e. The number of carbonyl (C=O) groups is 6. The number of amides is 6. The monoisotopic (exact) mass is 1440 g/mol. The van der Waals surface area contributed by atoms with Crippen LogP contribution in [0.5, 0.6) is 17.5 Å². The Morgan fingerprint density at radius 3 is 2.28 bits per heavy atom. The Labute approximate surface area is 608 Å². The number of pyridine rings is 1. The molecule has 1 aliphatic carbocycles. The summed E-state index contributed by atoms with van der Waals surface area (Å²) in [5.41, 5.74) is 19.5. The highest BCUT2D eigenvalue weighted by atomic mass is 32.1. The van der Waals surface area contributed by atoms with Crippen molar-refractivity contribution in [1.29, 1.82) is 0 Å². The van der Waals surface area contributed by atoms with Gasteiger partial charge < -0.3 is 76.4 Å². The lowest BCUT2D eigenvalue weighted by Gasteiger charge is -2.43. The lowest BCUT2D eigenvalue weighted by Crippen LogP contribution is -2.55. The number of carboxylic acids is 1. The Morgan fingerprint density at radius 2 is 1.58 bits per heavy atom. The van der Waals surface area contributed by atoms with Crippen LogP contribution < -0.4 is 56.7 Å². The molecule has 104 heavy (non-hydrogen) atoms. The van der Waals surface area contributed by atoms with Gasteiger partial charge in [0.25, 0.3) is 5.88 Å². The second-order valence-electron chi connectivity index (χ2n) is 28.3. The molecular weight excluding hydrogens is 1350 g/mol. The Hall–Kier alpha value is -9.97. The Kier molecular flexibility index (Phi) is 23.6. The molecule has 4 aromatic heterocycles. The van der Waals surface area contributed by atoms with Crippen molar-refractivity contribution in [1.82, 2.24) is 56.0 Å². The van der Waals surface area contributed by atoms with Gasteiger partial charge in [0.15, 0.2) is 11.6 Å². The van der Waals surface area contributed by atoms with Gasteiger partial charge in [0.1, 0.15) is 49.0 Å². The number of nitrogens with zero attached hydrogens (tertiary/aromatic N) is 10. The molecule has 4 saturated heterocycles. The highest BCUT2D eigenvalue weighted by molar-refractivity contribution is 7.13. The number of thiazole rings is 1. The summed E-state index contributed by atoms with van der Waals surface area (Å²) in [6.07, 6.45) is 5.28. The van der Waals surface area contributed by atoms with Crippen LogP contribution in [0, 0.1) is 18.3 Å². The molecule has 4 aliphatic heterocycles. The van der Waals surface area contributed by atoms with E-state index in [4.69, 9.17) is 30.2 Å². The van der Waals surface area contributed by atoms with E-state index in [1.54, 1.807) is 29.5 Å². The number of urea groups is 1. The molecule has 5 aliphatic rings. The van der Waals surface area contributed by atoms with E-state index in [-0.39, 0.29) is 86.6 Å². The minimum absolute atomic E-state index is 0.0325. The number of anilines is 4. The second kappa shape index (κ2) is 33.2. The number of benzene rings is 3. The number of hydrogen-bond acceptors (Lipinski definition) is 22. The number of carboxylic acid groups (broad SMARTS) is 1. The van der Waals surface area contributed by atoms with Crippen molar-refractivity contribution in [3.05, 3.63) is 131 Å². The topological polar surface area (TPSA) is 365 Å². The van der Waals surface area contributed by atoms with Crippen molar-refractivity contribution in [3.8, 4) is 39.2 Å². The molecule has 6 amide bonds. The minimum atomic E-state index is -1.55. The highest BCUT2D eigenvalue weighted by Gasteiger charge is 2.52. The zero-order valence-electron chi connectivity index (χ0n) is 59.4. The number of nitrogens with two attached hydrogens (primary N) is 2. The number of aryl methyl sites for hydroxylation is 1. The Bertz CT molecular complexity index is 4140. The number of hydrogen-bond donors (Lipinski definition) is 8. The number of unbranched alkanes of at least 4 members (excludes halogenated alkanes) is 1. The first-order valence-corrected chi connectivity index (χ1v) is 36.9. The van der Waals surface area contributed by atoms with Crippen molar-refractivity contribution < 1.29 is 57.7 Å². The quantitative estimate of drug-likeness (QED) is 0.0154. The number of primary amides is 1. The van der Waals surface area contributed by atoms with E-state index in [2.05, 4.69) is 79.2 Å². The summed E-state index contributed by atoms with van der Waals surface area (Å²) in [7, 11) is 0. The van der Waals surface area contributed by atoms with E-state index in [1.165, 1.54) is 4.90 Å². The molecule has 29 heteroatoms. The number of aromatic nitrogens is 5. The van der Waals surface area contributed by atoms with Crippen LogP contribution >= 0.6 is 11.3 Å². The molecule has 8 atom stereocenters. The first kappa shape index (κ1) is 73.8. The Balaban J connectivity index is 0.579. The number of β-amino-alcohol motifs (C(OH)–C–C–N with tert-alkyl or cyclic N) is 1. The van der Waals surface area contributed by atoms with Crippen molar-refractivity contribution in [2.75, 3.05) is 93.0 Å². The van der Waals surface area contributed by atoms with Gasteiger partial charge in [-0.15, -0.1) is 21.5 Å². The summed E-state index contributed by atoms with van der Waals surface area (Å²) in [6.45, 7) is 16.7. The molecule has 8 heterocycles. The summed E-state index contributed by atoms with van der Waals surface area (Å²) in [4.78, 5) is 99.5. The SMILES string of the molecule is Cc1ncsc1-c1ccc([C@H](C)NC(=O)[C@@H]2C[C@@H](O)CN2C(=O)[C@@H](c2cc(OCCN3CCN(CCOc4cc(N5C6CCC5CN(c5cc(-c7ccccc7OCc7ccc(NC(=O)[C@H](CCCCNC(N)=O)NC(=O)C8(C(=O)O)CCC8)cc7)nnc5N)C6)ccn4)[C@H](C)C3)no2)C(C)C)cc1. The number of para-hydroxylation sites is 1. The first-order chi connectivity index (χ1) is 50.2. The predicted molar refractivity (Wildman–Crippen MR) is 392 cm³/mol. The van der Waals surface area contributed by atoms with E-state index in [9.17, 15) is 39.0 Å². The van der Waals surface area contributed by atoms with Gasteiger partial charge in [0.05, 0.1) is 39.6 Å². The third-order valence-corrected chi connectivity index (χ3v) is 21.8. The molecule has 0 radical (unpaired) electrons. The van der Waals surface area contributed by atoms with Gasteiger partial charge >= 0.3 is 12.0 Å². The standard InChI is InChI=1S/C75H94N16O12S/c1-45(2)66(71(95)90-42-56(92)36-61(90)70(94)81-47(4)50-16-18-51(19-17-50)67-48(5)80-44-104-67)63-38-65(86-103-63)101-33-31-87-29-30-88(46(3)39-87)32-34-100-64-35-53(24-28-78-64)91-54-22-23-55(91)41-89(40-54)60-37-59(84-85-68(60)76)57-11-6-7-13-62(57)102-43-49-14-20-52(21-15-49)82-69(93)58(12-8-9-27-79-74(77)99)83-72(96)75(73(97)98)25-10-26-75/h6-7,11,13-21,24,28,35,37-38,44-47,54-56,58,61,66,92H,8-10,12,22-23,25-27,29-34,36,39-43H2,1-5H3,(H2,76,85)(H,81,94)(H,82,93)(H,83,96)(H,97,98)(H3,77,79,99)/t46-,47+,54?,55?,56-,58+,61+,66-/m1/s1. The number of aliphatic hydroxyl groups excluding tert-OH is 1. The van der Waals surface area contributed by atoms with Crippen molar-refractivity contribution in [3.63, 3.8) is 0 Å². The fraction of sp³-hybridized carbons (Fsp3) is 0.480. The third-order valence-electron chi connectivity index (χ3n) is 20.8. The van der Waals surface area contributed by atoms with Crippen LogP contribution in [0.3, 0.4) is 0 Å². The fourth-order valence-corrected chi connectivity index (χ4v) is 15.7. The highest BCUT2D eigenvalue weighted by Crippen LogP contribution is 2.43. The summed E-state index contributed by atoms with van der Waals surface area (Å²) >= 11 is 1.58. The van der Waals surface area contributed by atoms with E-state index in [0.29, 0.717) is 80.2 Å². The second-order valence-corrected chi connectivity index (χ2v) is 29.1. The third kappa shape index (κ3) is 17.3. The fourth-order valence-electron chi connectivity index (χ4n) is 14.9. The van der Waals surface area contributed by atoms with Crippen molar-refractivity contribution in [2.24, 2.45) is 17.1 Å². The normalized spacial score (nSPS) is 20.3. The van der Waals surface area contributed by atoms with Gasteiger partial charge in [-0.1, -0.05) is 68.8 Å². The number of piperazine rings is 2. The van der Waals surface area contributed by atoms with Gasteiger partial charge in [-0.2, -0.15) is 0 Å². The predicted octanol–water partition coefficient (Wildman–Crippen LogP) is 7.54. The Morgan fingerprint density at radius 1 is 0.827 bits per heavy atom. The molecule has 2 unspecified atom stereocenters. The molecule has 5 fully saturated rings. The van der Waals surface area contributed by atoms with Crippen molar-refractivity contribution in [2.45, 2.75) is 147 Å². The maximum absolute atomic E-state index is 14.4. The average molecular weight is 1440 g/mol. The lowest BCUT2D eigenvalue weighted by molar-refractivity contribution is -0.162. The van der Waals surface area contributed by atoms with Crippen LogP contribution in [0.25, 0.3) is 21.7 Å². The number of ether oxygens (including phenoxy) is 3. The van der Waals surface area contributed by atoms with Crippen molar-refractivity contribution >= 4 is 69.8 Å². The van der Waals surface area contributed by atoms with E-state index in [0.717, 1.165) is 96.3 Å². The largest absolute Gasteiger partial charge is 0.488 e. The summed E-state index contributed by atoms with van der Waals surface area (Å²) in [6, 6.07) is 28.3. The number of nitrogens with one attached hydrogen (secondary N) is 4. The van der Waals surface area contributed by atoms with Crippen LogP contribution in [-0.4, -0.2) is 194 Å². The molecule has 12 rings (SSSR count). The maximum atomic E-state index is 14.4. The van der Waals surface area contributed by atoms with Crippen LogP contribution in [0.1, 0.15) is 120 Å². The van der Waals surface area contributed by atoms with Gasteiger partial charge in [-0.05, 0) is 130 Å². The molecule has 7 aromatic rings. The van der Waals surface area contributed by atoms with Crippen LogP contribution in [-0.2, 0) is 30.6 Å². The van der Waals surface area contributed by atoms with Crippen LogP contribution in [0.4, 0.5) is 27.7 Å².